The summed E-state index contributed by atoms with van der Waals surface area (Å²) in [6.45, 7) is 2.29. The SMILES string of the molecule is C[C@@H](OC(=O)c1[nH]c2ccccc2c1Cl)C(=O)N1CCC[C@H]1c1cccs1. The summed E-state index contributed by atoms with van der Waals surface area (Å²) in [5.41, 5.74) is 0.930. The van der Waals surface area contributed by atoms with Crippen molar-refractivity contribution in [3.63, 3.8) is 0 Å². The van der Waals surface area contributed by atoms with Crippen LogP contribution in [0, 0.1) is 0 Å². The van der Waals surface area contributed by atoms with Crippen LogP contribution in [0.1, 0.15) is 41.2 Å². The second-order valence-corrected chi connectivity index (χ2v) is 7.97. The number of carbonyl (C=O) groups excluding carboxylic acids is 2. The van der Waals surface area contributed by atoms with Gasteiger partial charge in [-0.05, 0) is 37.3 Å². The Labute approximate surface area is 165 Å². The number of para-hydroxylation sites is 1. The Hall–Kier alpha value is -2.31. The molecule has 27 heavy (non-hydrogen) atoms. The summed E-state index contributed by atoms with van der Waals surface area (Å²) in [6.07, 6.45) is 1.00. The minimum Gasteiger partial charge on any atom is -0.448 e. The number of aromatic amines is 1. The highest BCUT2D eigenvalue weighted by molar-refractivity contribution is 7.10. The molecule has 0 saturated carbocycles. The molecule has 1 aliphatic heterocycles. The van der Waals surface area contributed by atoms with Crippen LogP contribution in [0.5, 0.6) is 0 Å². The zero-order chi connectivity index (χ0) is 19.0. The molecule has 2 atom stereocenters. The van der Waals surface area contributed by atoms with Crippen molar-refractivity contribution in [3.05, 3.63) is 57.4 Å². The second-order valence-electron chi connectivity index (χ2n) is 6.61. The number of thiophene rings is 1. The number of hydrogen-bond acceptors (Lipinski definition) is 4. The first-order valence-corrected chi connectivity index (χ1v) is 10.1. The summed E-state index contributed by atoms with van der Waals surface area (Å²) >= 11 is 7.95. The molecule has 140 valence electrons. The molecule has 0 spiro atoms. The molecular formula is C20H19ClN2O3S. The standard InChI is InChI=1S/C20H19ClN2O3S/c1-12(19(24)23-10-4-8-15(23)16-9-5-11-27-16)26-20(25)18-17(21)13-6-2-3-7-14(13)22-18/h2-3,5-7,9,11-12,15,22H,4,8,10H2,1H3/t12-,15+/m1/s1. The van der Waals surface area contributed by atoms with Crippen molar-refractivity contribution in [1.82, 2.24) is 9.88 Å². The van der Waals surface area contributed by atoms with Crippen molar-refractivity contribution >= 4 is 45.7 Å². The topological polar surface area (TPSA) is 62.4 Å². The van der Waals surface area contributed by atoms with E-state index in [1.54, 1.807) is 18.3 Å². The first kappa shape index (κ1) is 18.1. The van der Waals surface area contributed by atoms with Gasteiger partial charge in [0, 0.05) is 22.3 Å². The predicted molar refractivity (Wildman–Crippen MR) is 106 cm³/mol. The molecule has 5 nitrogen and oxygen atoms in total. The van der Waals surface area contributed by atoms with Gasteiger partial charge in [-0.15, -0.1) is 11.3 Å². The number of esters is 1. The molecule has 1 aromatic carbocycles. The maximum absolute atomic E-state index is 12.9. The number of aromatic nitrogens is 1. The molecule has 2 aromatic heterocycles. The number of fused-ring (bicyclic) bond motifs is 1. The molecule has 3 heterocycles. The van der Waals surface area contributed by atoms with Gasteiger partial charge in [0.25, 0.3) is 5.91 Å². The lowest BCUT2D eigenvalue weighted by Crippen LogP contribution is -2.39. The van der Waals surface area contributed by atoms with E-state index in [2.05, 4.69) is 4.98 Å². The Morgan fingerprint density at radius 2 is 2.11 bits per heavy atom. The van der Waals surface area contributed by atoms with Crippen molar-refractivity contribution < 1.29 is 14.3 Å². The van der Waals surface area contributed by atoms with Crippen molar-refractivity contribution in [2.45, 2.75) is 31.9 Å². The summed E-state index contributed by atoms with van der Waals surface area (Å²) in [7, 11) is 0. The first-order valence-electron chi connectivity index (χ1n) is 8.87. The third-order valence-corrected chi connectivity index (χ3v) is 6.25. The third kappa shape index (κ3) is 3.35. The van der Waals surface area contributed by atoms with Gasteiger partial charge in [-0.1, -0.05) is 35.9 Å². The third-order valence-electron chi connectivity index (χ3n) is 4.89. The molecule has 1 N–H and O–H groups in total. The van der Waals surface area contributed by atoms with Crippen molar-refractivity contribution in [1.29, 1.82) is 0 Å². The van der Waals surface area contributed by atoms with E-state index in [0.29, 0.717) is 11.6 Å². The van der Waals surface area contributed by atoms with E-state index in [4.69, 9.17) is 16.3 Å². The lowest BCUT2D eigenvalue weighted by molar-refractivity contribution is -0.140. The number of amides is 1. The Morgan fingerprint density at radius 1 is 1.30 bits per heavy atom. The van der Waals surface area contributed by atoms with E-state index in [9.17, 15) is 9.59 Å². The number of carbonyl (C=O) groups is 2. The molecule has 1 saturated heterocycles. The van der Waals surface area contributed by atoms with E-state index in [0.717, 1.165) is 28.6 Å². The van der Waals surface area contributed by atoms with Crippen molar-refractivity contribution in [2.24, 2.45) is 0 Å². The summed E-state index contributed by atoms with van der Waals surface area (Å²) in [5, 5.41) is 3.08. The van der Waals surface area contributed by atoms with Crippen LogP contribution < -0.4 is 0 Å². The normalized spacial score (nSPS) is 18.0. The Balaban J connectivity index is 1.49. The van der Waals surface area contributed by atoms with Crippen LogP contribution in [0.2, 0.25) is 5.02 Å². The molecule has 3 aromatic rings. The van der Waals surface area contributed by atoms with Crippen LogP contribution in [0.15, 0.2) is 41.8 Å². The molecular weight excluding hydrogens is 384 g/mol. The zero-order valence-electron chi connectivity index (χ0n) is 14.8. The number of nitrogens with zero attached hydrogens (tertiary/aromatic N) is 1. The summed E-state index contributed by atoms with van der Waals surface area (Å²) in [6, 6.07) is 11.5. The quantitative estimate of drug-likeness (QED) is 0.638. The van der Waals surface area contributed by atoms with Gasteiger partial charge in [0.15, 0.2) is 6.10 Å². The molecule has 1 amide bonds. The average Bonchev–Trinajstić information content (AvgIpc) is 3.41. The first-order chi connectivity index (χ1) is 13.1. The van der Waals surface area contributed by atoms with Crippen LogP contribution in [-0.4, -0.2) is 34.4 Å². The smallest absolute Gasteiger partial charge is 0.357 e. The van der Waals surface area contributed by atoms with E-state index >= 15 is 0 Å². The molecule has 7 heteroatoms. The Morgan fingerprint density at radius 3 is 2.85 bits per heavy atom. The fourth-order valence-electron chi connectivity index (χ4n) is 3.56. The van der Waals surface area contributed by atoms with Gasteiger partial charge >= 0.3 is 5.97 Å². The highest BCUT2D eigenvalue weighted by atomic mass is 35.5. The maximum Gasteiger partial charge on any atom is 0.357 e. The van der Waals surface area contributed by atoms with Crippen molar-refractivity contribution in [2.75, 3.05) is 6.54 Å². The fourth-order valence-corrected chi connectivity index (χ4v) is 4.72. The van der Waals surface area contributed by atoms with Crippen LogP contribution >= 0.6 is 22.9 Å². The highest BCUT2D eigenvalue weighted by Gasteiger charge is 2.34. The highest BCUT2D eigenvalue weighted by Crippen LogP contribution is 2.35. The number of benzene rings is 1. The molecule has 4 rings (SSSR count). The van der Waals surface area contributed by atoms with Crippen LogP contribution in [-0.2, 0) is 9.53 Å². The van der Waals surface area contributed by atoms with Gasteiger partial charge in [-0.25, -0.2) is 4.79 Å². The minimum atomic E-state index is -0.874. The number of halogens is 1. The van der Waals surface area contributed by atoms with E-state index < -0.39 is 12.1 Å². The monoisotopic (exact) mass is 402 g/mol. The lowest BCUT2D eigenvalue weighted by Gasteiger charge is -2.26. The van der Waals surface area contributed by atoms with E-state index in [-0.39, 0.29) is 17.6 Å². The van der Waals surface area contributed by atoms with Gasteiger partial charge in [-0.2, -0.15) is 0 Å². The number of rotatable bonds is 4. The van der Waals surface area contributed by atoms with Gasteiger partial charge in [0.05, 0.1) is 11.1 Å². The summed E-state index contributed by atoms with van der Waals surface area (Å²) in [5.74, 6) is -0.796. The molecule has 1 aliphatic rings. The number of nitrogens with one attached hydrogen (secondary N) is 1. The molecule has 0 bridgehead atoms. The number of likely N-dealkylation sites (tertiary alicyclic amines) is 1. The van der Waals surface area contributed by atoms with Gasteiger partial charge in [0.2, 0.25) is 0 Å². The molecule has 1 fully saturated rings. The molecule has 0 unspecified atom stereocenters. The lowest BCUT2D eigenvalue weighted by atomic mass is 10.2. The molecule has 0 radical (unpaired) electrons. The molecule has 0 aliphatic carbocycles. The van der Waals surface area contributed by atoms with Crippen LogP contribution in [0.3, 0.4) is 0 Å². The minimum absolute atomic E-state index is 0.0651. The Kier molecular flexibility index (Phi) is 4.93. The number of hydrogen-bond donors (Lipinski definition) is 1. The van der Waals surface area contributed by atoms with Crippen molar-refractivity contribution in [3.8, 4) is 0 Å². The van der Waals surface area contributed by atoms with E-state index in [1.165, 1.54) is 0 Å². The van der Waals surface area contributed by atoms with Gasteiger partial charge < -0.3 is 14.6 Å². The summed E-state index contributed by atoms with van der Waals surface area (Å²) in [4.78, 5) is 31.4. The zero-order valence-corrected chi connectivity index (χ0v) is 16.3. The number of ether oxygens (including phenoxy) is 1. The van der Waals surface area contributed by atoms with Crippen LogP contribution in [0.25, 0.3) is 10.9 Å². The maximum atomic E-state index is 12.9. The van der Waals surface area contributed by atoms with Crippen LogP contribution in [0.4, 0.5) is 0 Å². The largest absolute Gasteiger partial charge is 0.448 e. The van der Waals surface area contributed by atoms with E-state index in [1.807, 2.05) is 46.7 Å². The van der Waals surface area contributed by atoms with Gasteiger partial charge in [0.1, 0.15) is 5.69 Å². The summed E-state index contributed by atoms with van der Waals surface area (Å²) < 4.78 is 5.44. The second kappa shape index (κ2) is 7.37. The van der Waals surface area contributed by atoms with Gasteiger partial charge in [-0.3, -0.25) is 4.79 Å². The predicted octanol–water partition coefficient (Wildman–Crippen LogP) is 4.79. The Bertz CT molecular complexity index is 982. The average molecular weight is 403 g/mol. The fraction of sp³-hybridized carbons (Fsp3) is 0.300. The number of H-pyrrole nitrogens is 1.